The predicted molar refractivity (Wildman–Crippen MR) is 108 cm³/mol. The number of thioether (sulfide) groups is 1. The van der Waals surface area contributed by atoms with E-state index in [0.29, 0.717) is 16.5 Å². The molecule has 1 amide bonds. The summed E-state index contributed by atoms with van der Waals surface area (Å²) in [4.78, 5) is 13.1. The maximum Gasteiger partial charge on any atom is 0.416 e. The van der Waals surface area contributed by atoms with Gasteiger partial charge in [-0.05, 0) is 42.8 Å². The lowest BCUT2D eigenvalue weighted by molar-refractivity contribution is -0.137. The molecule has 0 fully saturated rings. The van der Waals surface area contributed by atoms with Gasteiger partial charge in [-0.15, -0.1) is 10.2 Å². The Morgan fingerprint density at radius 3 is 2.58 bits per heavy atom. The highest BCUT2D eigenvalue weighted by molar-refractivity contribution is 8.00. The summed E-state index contributed by atoms with van der Waals surface area (Å²) in [5.74, 6) is -0.487. The first kappa shape index (κ1) is 21.4. The van der Waals surface area contributed by atoms with E-state index >= 15 is 0 Å². The van der Waals surface area contributed by atoms with E-state index in [-0.39, 0.29) is 10.7 Å². The van der Waals surface area contributed by atoms with Gasteiger partial charge in [0.2, 0.25) is 11.1 Å². The minimum absolute atomic E-state index is 0.0348. The topological polar surface area (TPSA) is 71.8 Å². The molecule has 0 saturated heterocycles. The second-order valence-electron chi connectivity index (χ2n) is 6.74. The Labute approximate surface area is 183 Å². The number of benzene rings is 2. The van der Waals surface area contributed by atoms with Gasteiger partial charge in [-0.3, -0.25) is 4.79 Å². The molecule has 0 spiro atoms. The lowest BCUT2D eigenvalue weighted by atomic mass is 10.0. The molecule has 2 heterocycles. The first-order valence-corrected chi connectivity index (χ1v) is 10.2. The maximum absolute atomic E-state index is 13.4. The number of alkyl halides is 3. The van der Waals surface area contributed by atoms with Crippen LogP contribution in [0.4, 0.5) is 23.2 Å². The van der Waals surface area contributed by atoms with Gasteiger partial charge < -0.3 is 10.7 Å². The average Bonchev–Trinajstić information content (AvgIpc) is 3.08. The number of hydrogen-bond acceptors (Lipinski definition) is 5. The van der Waals surface area contributed by atoms with Gasteiger partial charge in [-0.25, -0.2) is 9.07 Å². The van der Waals surface area contributed by atoms with Crippen molar-refractivity contribution in [2.45, 2.75) is 29.5 Å². The molecule has 4 rings (SSSR count). The monoisotopic (exact) mass is 471 g/mol. The normalized spacial score (nSPS) is 18.3. The molecule has 0 saturated carbocycles. The summed E-state index contributed by atoms with van der Waals surface area (Å²) in [6, 6.07) is 7.61. The second-order valence-corrected chi connectivity index (χ2v) is 8.26. The number of anilines is 1. The van der Waals surface area contributed by atoms with Crippen LogP contribution in [0.15, 0.2) is 47.6 Å². The molecule has 0 bridgehead atoms. The zero-order valence-corrected chi connectivity index (χ0v) is 17.3. The number of rotatable bonds is 3. The Bertz CT molecular complexity index is 1140. The fourth-order valence-electron chi connectivity index (χ4n) is 3.08. The molecule has 12 heteroatoms. The van der Waals surface area contributed by atoms with Gasteiger partial charge in [-0.1, -0.05) is 35.5 Å². The molecular formula is C19H14ClF4N5OS. The van der Waals surface area contributed by atoms with Crippen molar-refractivity contribution in [1.29, 1.82) is 0 Å². The fourth-order valence-corrected chi connectivity index (χ4v) is 4.37. The van der Waals surface area contributed by atoms with E-state index in [0.717, 1.165) is 30.0 Å². The van der Waals surface area contributed by atoms with Crippen LogP contribution >= 0.6 is 23.4 Å². The number of aromatic nitrogens is 3. The molecule has 162 valence electrons. The number of carbonyl (C=O) groups is 1. The summed E-state index contributed by atoms with van der Waals surface area (Å²) in [7, 11) is 0. The van der Waals surface area contributed by atoms with Crippen molar-refractivity contribution in [3.05, 3.63) is 70.3 Å². The summed E-state index contributed by atoms with van der Waals surface area (Å²) in [5.41, 5.74) is 2.62. The molecule has 1 aromatic heterocycles. The molecule has 31 heavy (non-hydrogen) atoms. The van der Waals surface area contributed by atoms with Crippen molar-refractivity contribution in [3.8, 4) is 0 Å². The lowest BCUT2D eigenvalue weighted by Crippen LogP contribution is -2.41. The molecule has 1 aliphatic rings. The number of halogens is 5. The van der Waals surface area contributed by atoms with Crippen molar-refractivity contribution in [1.82, 2.24) is 14.9 Å². The van der Waals surface area contributed by atoms with Crippen LogP contribution in [-0.4, -0.2) is 26.0 Å². The first-order chi connectivity index (χ1) is 14.6. The standard InChI is InChI=1S/C19H14ClF4N5OS/c1-9-26-27-18-29(9)28-15(10-2-5-12(21)6-3-10)16(31-18)17(30)25-14-8-11(19(22,23)24)4-7-13(14)20/h2-8,15-16,28H,1H3,(H,25,30)/t15-,16-/m1/s1. The van der Waals surface area contributed by atoms with Crippen molar-refractivity contribution in [2.24, 2.45) is 0 Å². The van der Waals surface area contributed by atoms with Crippen molar-refractivity contribution in [2.75, 3.05) is 10.7 Å². The van der Waals surface area contributed by atoms with Crippen LogP contribution in [0.2, 0.25) is 5.02 Å². The fraction of sp³-hybridized carbons (Fsp3) is 0.211. The van der Waals surface area contributed by atoms with E-state index in [4.69, 9.17) is 11.6 Å². The molecule has 6 nitrogen and oxygen atoms in total. The Morgan fingerprint density at radius 1 is 1.19 bits per heavy atom. The zero-order valence-electron chi connectivity index (χ0n) is 15.7. The zero-order chi connectivity index (χ0) is 22.3. The van der Waals surface area contributed by atoms with Crippen LogP contribution in [0, 0.1) is 12.7 Å². The van der Waals surface area contributed by atoms with Gasteiger partial charge in [0.15, 0.2) is 0 Å². The second kappa shape index (κ2) is 8.04. The van der Waals surface area contributed by atoms with Crippen LogP contribution in [0.3, 0.4) is 0 Å². The SMILES string of the molecule is Cc1nnc2n1N[C@H](c1ccc(F)cc1)[C@H](C(=O)Nc1cc(C(F)(F)F)ccc1Cl)S2. The quantitative estimate of drug-likeness (QED) is 0.537. The number of nitrogens with one attached hydrogen (secondary N) is 2. The van der Waals surface area contributed by atoms with E-state index in [2.05, 4.69) is 20.9 Å². The van der Waals surface area contributed by atoms with Gasteiger partial charge >= 0.3 is 6.18 Å². The van der Waals surface area contributed by atoms with Crippen molar-refractivity contribution < 1.29 is 22.4 Å². The third-order valence-corrected chi connectivity index (χ3v) is 6.18. The molecule has 3 aromatic rings. The number of hydrogen-bond donors (Lipinski definition) is 2. The maximum atomic E-state index is 13.4. The summed E-state index contributed by atoms with van der Waals surface area (Å²) in [6.07, 6.45) is -4.59. The van der Waals surface area contributed by atoms with Gasteiger partial charge in [0, 0.05) is 0 Å². The minimum Gasteiger partial charge on any atom is -0.324 e. The predicted octanol–water partition coefficient (Wildman–Crippen LogP) is 4.80. The molecule has 0 unspecified atom stereocenters. The Hall–Kier alpha value is -2.79. The number of amides is 1. The van der Waals surface area contributed by atoms with E-state index in [1.54, 1.807) is 11.6 Å². The van der Waals surface area contributed by atoms with Crippen LogP contribution in [0.1, 0.15) is 23.0 Å². The number of nitrogens with zero attached hydrogens (tertiary/aromatic N) is 3. The highest BCUT2D eigenvalue weighted by atomic mass is 35.5. The lowest BCUT2D eigenvalue weighted by Gasteiger charge is -2.32. The Morgan fingerprint density at radius 2 is 1.90 bits per heavy atom. The molecular weight excluding hydrogens is 458 g/mol. The third kappa shape index (κ3) is 4.33. The van der Waals surface area contributed by atoms with Crippen LogP contribution in [0.25, 0.3) is 0 Å². The van der Waals surface area contributed by atoms with E-state index < -0.39 is 34.8 Å². The third-order valence-electron chi connectivity index (χ3n) is 4.64. The van der Waals surface area contributed by atoms with Crippen LogP contribution in [0.5, 0.6) is 0 Å². The number of carbonyl (C=O) groups excluding carboxylic acids is 1. The smallest absolute Gasteiger partial charge is 0.324 e. The van der Waals surface area contributed by atoms with E-state index in [1.807, 2.05) is 0 Å². The largest absolute Gasteiger partial charge is 0.416 e. The Kier molecular flexibility index (Phi) is 5.56. The van der Waals surface area contributed by atoms with Gasteiger partial charge in [0.25, 0.3) is 0 Å². The van der Waals surface area contributed by atoms with E-state index in [9.17, 15) is 22.4 Å². The summed E-state index contributed by atoms with van der Waals surface area (Å²) >= 11 is 7.10. The van der Waals surface area contributed by atoms with Crippen LogP contribution < -0.4 is 10.7 Å². The number of aryl methyl sites for hydroxylation is 1. The summed E-state index contributed by atoms with van der Waals surface area (Å²) in [5, 5.41) is 9.96. The number of fused-ring (bicyclic) bond motifs is 1. The molecule has 2 N–H and O–H groups in total. The summed E-state index contributed by atoms with van der Waals surface area (Å²) in [6.45, 7) is 1.72. The molecule has 1 aliphatic heterocycles. The molecule has 2 atom stereocenters. The highest BCUT2D eigenvalue weighted by Crippen LogP contribution is 2.39. The van der Waals surface area contributed by atoms with Gasteiger partial charge in [-0.2, -0.15) is 13.2 Å². The van der Waals surface area contributed by atoms with Gasteiger partial charge in [0.1, 0.15) is 16.9 Å². The average molecular weight is 472 g/mol. The highest BCUT2D eigenvalue weighted by Gasteiger charge is 2.38. The van der Waals surface area contributed by atoms with Crippen molar-refractivity contribution >= 4 is 35.0 Å². The summed E-state index contributed by atoms with van der Waals surface area (Å²) < 4.78 is 54.2. The Balaban J connectivity index is 1.67. The van der Waals surface area contributed by atoms with Crippen LogP contribution in [-0.2, 0) is 11.0 Å². The first-order valence-electron chi connectivity index (χ1n) is 8.92. The molecule has 0 radical (unpaired) electrons. The van der Waals surface area contributed by atoms with Crippen molar-refractivity contribution in [3.63, 3.8) is 0 Å². The molecule has 2 aromatic carbocycles. The van der Waals surface area contributed by atoms with E-state index in [1.165, 1.54) is 24.3 Å². The minimum atomic E-state index is -4.59. The van der Waals surface area contributed by atoms with Gasteiger partial charge in [0.05, 0.1) is 22.3 Å². The molecule has 0 aliphatic carbocycles.